The Kier molecular flexibility index (Phi) is 6.68. The summed E-state index contributed by atoms with van der Waals surface area (Å²) in [5.74, 6) is 0.125. The van der Waals surface area contributed by atoms with Crippen molar-refractivity contribution in [3.63, 3.8) is 0 Å². The first kappa shape index (κ1) is 20.7. The lowest BCUT2D eigenvalue weighted by Crippen LogP contribution is -2.48. The highest BCUT2D eigenvalue weighted by atomic mass is 32.2. The van der Waals surface area contributed by atoms with Gasteiger partial charge in [-0.2, -0.15) is 4.31 Å². The zero-order chi connectivity index (χ0) is 19.5. The molecule has 4 heteroatoms. The van der Waals surface area contributed by atoms with E-state index in [1.54, 1.807) is 10.4 Å². The standard InChI is InChI=1S/C22H31NO2S/c1-7-11-21(16(2)3)23(20-12-9-8-10-13-20)26(24,25)22-18(5)14-17(4)15-19(22)6/h9,11-12,14-16,20-21H,1,8,10,13H2,2-6H3/t20-,21+/m0/s1. The lowest BCUT2D eigenvalue weighted by molar-refractivity contribution is 0.252. The topological polar surface area (TPSA) is 37.4 Å². The molecule has 0 radical (unpaired) electrons. The molecule has 0 saturated carbocycles. The molecular formula is C22H31NO2S. The number of hydrogen-bond acceptors (Lipinski definition) is 2. The van der Waals surface area contributed by atoms with E-state index in [0.29, 0.717) is 4.90 Å². The predicted molar refractivity (Wildman–Crippen MR) is 109 cm³/mol. The Morgan fingerprint density at radius 3 is 2.31 bits per heavy atom. The summed E-state index contributed by atoms with van der Waals surface area (Å²) in [5.41, 5.74) is 5.51. The molecule has 0 fully saturated rings. The molecule has 1 aliphatic carbocycles. The first-order chi connectivity index (χ1) is 12.2. The average molecular weight is 374 g/mol. The van der Waals surface area contributed by atoms with Crippen molar-refractivity contribution in [2.24, 2.45) is 5.92 Å². The maximum absolute atomic E-state index is 13.8. The molecule has 0 spiro atoms. The van der Waals surface area contributed by atoms with Crippen LogP contribution in [-0.4, -0.2) is 24.8 Å². The molecule has 0 amide bonds. The van der Waals surface area contributed by atoms with Gasteiger partial charge in [0, 0.05) is 6.04 Å². The molecule has 2 atom stereocenters. The van der Waals surface area contributed by atoms with Crippen molar-refractivity contribution in [3.05, 3.63) is 59.4 Å². The zero-order valence-electron chi connectivity index (χ0n) is 16.6. The summed E-state index contributed by atoms with van der Waals surface area (Å²) in [6, 6.07) is 3.49. The highest BCUT2D eigenvalue weighted by Crippen LogP contribution is 2.33. The molecule has 0 aliphatic heterocycles. The number of rotatable bonds is 6. The third-order valence-corrected chi connectivity index (χ3v) is 7.19. The van der Waals surface area contributed by atoms with E-state index in [0.717, 1.165) is 36.0 Å². The van der Waals surface area contributed by atoms with Crippen LogP contribution in [0.1, 0.15) is 49.8 Å². The SMILES string of the molecule is C=C=C[C@H](C(C)C)N([C@H]1C=CCCC1)S(=O)(=O)c1c(C)cc(C)cc1C. The van der Waals surface area contributed by atoms with Gasteiger partial charge < -0.3 is 0 Å². The molecule has 1 aliphatic rings. The lowest BCUT2D eigenvalue weighted by atomic mass is 9.98. The molecule has 0 aromatic heterocycles. The van der Waals surface area contributed by atoms with Gasteiger partial charge in [0.2, 0.25) is 10.0 Å². The molecule has 0 heterocycles. The van der Waals surface area contributed by atoms with Gasteiger partial charge in [-0.05, 0) is 63.2 Å². The van der Waals surface area contributed by atoms with Gasteiger partial charge >= 0.3 is 0 Å². The molecular weight excluding hydrogens is 342 g/mol. The van der Waals surface area contributed by atoms with E-state index >= 15 is 0 Å². The zero-order valence-corrected chi connectivity index (χ0v) is 17.4. The van der Waals surface area contributed by atoms with E-state index in [4.69, 9.17) is 0 Å². The fraction of sp³-hybridized carbons (Fsp3) is 0.500. The van der Waals surface area contributed by atoms with Crippen LogP contribution in [0.15, 0.2) is 47.6 Å². The Bertz CT molecular complexity index is 807. The first-order valence-electron chi connectivity index (χ1n) is 9.34. The van der Waals surface area contributed by atoms with Gasteiger partial charge in [0.15, 0.2) is 0 Å². The minimum Gasteiger partial charge on any atom is -0.207 e. The van der Waals surface area contributed by atoms with Crippen molar-refractivity contribution in [1.82, 2.24) is 4.31 Å². The third-order valence-electron chi connectivity index (χ3n) is 4.96. The quantitative estimate of drug-likeness (QED) is 0.515. The number of aryl methyl sites for hydroxylation is 3. The molecule has 2 rings (SSSR count). The molecule has 0 saturated heterocycles. The fourth-order valence-electron chi connectivity index (χ4n) is 3.93. The maximum atomic E-state index is 13.8. The molecule has 0 bridgehead atoms. The van der Waals surface area contributed by atoms with Gasteiger partial charge in [0.1, 0.15) is 0 Å². The van der Waals surface area contributed by atoms with Crippen molar-refractivity contribution in [1.29, 1.82) is 0 Å². The van der Waals surface area contributed by atoms with Crippen LogP contribution in [0.25, 0.3) is 0 Å². The molecule has 1 aromatic carbocycles. The van der Waals surface area contributed by atoms with Crippen LogP contribution in [0.4, 0.5) is 0 Å². The second-order valence-corrected chi connectivity index (χ2v) is 9.37. The first-order valence-corrected chi connectivity index (χ1v) is 10.8. The van der Waals surface area contributed by atoms with Crippen molar-refractivity contribution in [2.75, 3.05) is 0 Å². The van der Waals surface area contributed by atoms with Gasteiger partial charge in [0.25, 0.3) is 0 Å². The van der Waals surface area contributed by atoms with E-state index in [2.05, 4.69) is 18.4 Å². The predicted octanol–water partition coefficient (Wildman–Crippen LogP) is 5.08. The molecule has 1 aromatic rings. The van der Waals surface area contributed by atoms with Crippen LogP contribution in [0, 0.1) is 26.7 Å². The Balaban J connectivity index is 2.69. The van der Waals surface area contributed by atoms with Crippen molar-refractivity contribution in [2.45, 2.75) is 70.9 Å². The summed E-state index contributed by atoms with van der Waals surface area (Å²) in [7, 11) is -3.66. The smallest absolute Gasteiger partial charge is 0.207 e. The summed E-state index contributed by atoms with van der Waals surface area (Å²) in [6.07, 6.45) is 8.79. The Morgan fingerprint density at radius 1 is 1.23 bits per heavy atom. The summed E-state index contributed by atoms with van der Waals surface area (Å²) < 4.78 is 29.3. The van der Waals surface area contributed by atoms with E-state index in [-0.39, 0.29) is 18.0 Å². The van der Waals surface area contributed by atoms with Gasteiger partial charge in [-0.15, -0.1) is 5.73 Å². The average Bonchev–Trinajstić information content (AvgIpc) is 2.53. The lowest BCUT2D eigenvalue weighted by Gasteiger charge is -2.38. The minimum absolute atomic E-state index is 0.125. The van der Waals surface area contributed by atoms with Gasteiger partial charge in [-0.1, -0.05) is 50.3 Å². The van der Waals surface area contributed by atoms with Crippen LogP contribution in [0.3, 0.4) is 0 Å². The van der Waals surface area contributed by atoms with Crippen LogP contribution >= 0.6 is 0 Å². The molecule has 26 heavy (non-hydrogen) atoms. The van der Waals surface area contributed by atoms with E-state index in [1.165, 1.54) is 0 Å². The number of hydrogen-bond donors (Lipinski definition) is 0. The Morgan fingerprint density at radius 2 is 1.85 bits per heavy atom. The molecule has 0 N–H and O–H groups in total. The van der Waals surface area contributed by atoms with Crippen LogP contribution in [-0.2, 0) is 10.0 Å². The van der Waals surface area contributed by atoms with E-state index in [1.807, 2.05) is 52.8 Å². The van der Waals surface area contributed by atoms with Gasteiger partial charge in [-0.3, -0.25) is 0 Å². The second-order valence-electron chi connectivity index (χ2n) is 7.59. The number of benzene rings is 1. The minimum atomic E-state index is -3.66. The molecule has 0 unspecified atom stereocenters. The van der Waals surface area contributed by atoms with Crippen LogP contribution < -0.4 is 0 Å². The second kappa shape index (κ2) is 8.39. The Labute approximate surface area is 159 Å². The van der Waals surface area contributed by atoms with Crippen molar-refractivity contribution < 1.29 is 8.42 Å². The number of nitrogens with zero attached hydrogens (tertiary/aromatic N) is 1. The number of allylic oxidation sites excluding steroid dienone is 1. The summed E-state index contributed by atoms with van der Waals surface area (Å²) >= 11 is 0. The normalized spacial score (nSPS) is 18.8. The summed E-state index contributed by atoms with van der Waals surface area (Å²) in [5, 5.41) is 0. The fourth-order valence-corrected chi connectivity index (χ4v) is 6.22. The third kappa shape index (κ3) is 4.20. The monoisotopic (exact) mass is 373 g/mol. The molecule has 3 nitrogen and oxygen atoms in total. The van der Waals surface area contributed by atoms with Crippen molar-refractivity contribution in [3.8, 4) is 0 Å². The summed E-state index contributed by atoms with van der Waals surface area (Å²) in [4.78, 5) is 0.435. The maximum Gasteiger partial charge on any atom is 0.244 e. The van der Waals surface area contributed by atoms with Crippen molar-refractivity contribution >= 4 is 10.0 Å². The molecule has 142 valence electrons. The van der Waals surface area contributed by atoms with Crippen LogP contribution in [0.5, 0.6) is 0 Å². The van der Waals surface area contributed by atoms with Gasteiger partial charge in [-0.25, -0.2) is 8.42 Å². The highest BCUT2D eigenvalue weighted by molar-refractivity contribution is 7.89. The Hall–Kier alpha value is -1.61. The highest BCUT2D eigenvalue weighted by Gasteiger charge is 2.38. The largest absolute Gasteiger partial charge is 0.244 e. The van der Waals surface area contributed by atoms with Gasteiger partial charge in [0.05, 0.1) is 10.9 Å². The van der Waals surface area contributed by atoms with E-state index < -0.39 is 10.0 Å². The van der Waals surface area contributed by atoms with E-state index in [9.17, 15) is 8.42 Å². The summed E-state index contributed by atoms with van der Waals surface area (Å²) in [6.45, 7) is 13.5. The van der Waals surface area contributed by atoms with Crippen LogP contribution in [0.2, 0.25) is 0 Å². The number of sulfonamides is 1.